The Morgan fingerprint density at radius 2 is 2.07 bits per heavy atom. The fraction of sp³-hybridized carbons (Fsp3) is 0.455. The third-order valence-corrected chi connectivity index (χ3v) is 2.27. The predicted octanol–water partition coefficient (Wildman–Crippen LogP) is 2.17. The maximum Gasteiger partial charge on any atom is 0.0740 e. The molecule has 0 aliphatic carbocycles. The van der Waals surface area contributed by atoms with Gasteiger partial charge >= 0.3 is 0 Å². The molecular weight excluding hydrogens is 176 g/mol. The van der Waals surface area contributed by atoms with Gasteiger partial charge in [-0.1, -0.05) is 13.0 Å². The zero-order valence-electron chi connectivity index (χ0n) is 8.79. The number of rotatable bonds is 4. The van der Waals surface area contributed by atoms with Gasteiger partial charge in [0.05, 0.1) is 12.7 Å². The zero-order chi connectivity index (χ0) is 10.6. The van der Waals surface area contributed by atoms with E-state index in [-0.39, 0.29) is 6.10 Å². The first kappa shape index (κ1) is 10.9. The molecule has 0 radical (unpaired) electrons. The van der Waals surface area contributed by atoms with Crippen molar-refractivity contribution in [2.75, 3.05) is 11.5 Å². The van der Waals surface area contributed by atoms with Crippen LogP contribution in [-0.2, 0) is 11.3 Å². The van der Waals surface area contributed by atoms with Crippen molar-refractivity contribution in [3.8, 4) is 0 Å². The van der Waals surface area contributed by atoms with Crippen LogP contribution in [0.4, 0.5) is 11.4 Å². The summed E-state index contributed by atoms with van der Waals surface area (Å²) in [7, 11) is 0. The van der Waals surface area contributed by atoms with Gasteiger partial charge in [0.15, 0.2) is 0 Å². The number of ether oxygens (including phenoxy) is 1. The second-order valence-electron chi connectivity index (χ2n) is 3.49. The van der Waals surface area contributed by atoms with Crippen LogP contribution in [0.1, 0.15) is 25.8 Å². The second-order valence-corrected chi connectivity index (χ2v) is 3.49. The molecule has 1 rings (SSSR count). The van der Waals surface area contributed by atoms with E-state index >= 15 is 0 Å². The van der Waals surface area contributed by atoms with Gasteiger partial charge < -0.3 is 16.2 Å². The molecule has 0 aliphatic heterocycles. The summed E-state index contributed by atoms with van der Waals surface area (Å²) in [6.45, 7) is 4.70. The summed E-state index contributed by atoms with van der Waals surface area (Å²) in [4.78, 5) is 0. The maximum absolute atomic E-state index is 5.79. The maximum atomic E-state index is 5.79. The van der Waals surface area contributed by atoms with Crippen molar-refractivity contribution >= 4 is 11.4 Å². The Kier molecular flexibility index (Phi) is 3.77. The molecule has 1 unspecified atom stereocenters. The standard InChI is InChI=1S/C11H18N2O/c1-3-8(2)14-7-9-4-5-10(12)6-11(9)13/h4-6,8H,3,7,12-13H2,1-2H3. The number of nitrogen functional groups attached to an aromatic ring is 2. The van der Waals surface area contributed by atoms with Crippen LogP contribution in [0.2, 0.25) is 0 Å². The van der Waals surface area contributed by atoms with Crippen LogP contribution in [0, 0.1) is 0 Å². The predicted molar refractivity (Wildman–Crippen MR) is 59.8 cm³/mol. The number of hydrogen-bond donors (Lipinski definition) is 2. The molecule has 3 nitrogen and oxygen atoms in total. The summed E-state index contributed by atoms with van der Waals surface area (Å²) in [6, 6.07) is 5.51. The van der Waals surface area contributed by atoms with Crippen LogP contribution in [0.5, 0.6) is 0 Å². The minimum absolute atomic E-state index is 0.270. The van der Waals surface area contributed by atoms with E-state index in [1.165, 1.54) is 0 Å². The number of benzene rings is 1. The van der Waals surface area contributed by atoms with E-state index in [4.69, 9.17) is 16.2 Å². The van der Waals surface area contributed by atoms with Crippen LogP contribution in [-0.4, -0.2) is 6.10 Å². The van der Waals surface area contributed by atoms with Crippen molar-refractivity contribution < 1.29 is 4.74 Å². The van der Waals surface area contributed by atoms with Crippen LogP contribution < -0.4 is 11.5 Å². The summed E-state index contributed by atoms with van der Waals surface area (Å²) in [5.74, 6) is 0. The fourth-order valence-electron chi connectivity index (χ4n) is 1.09. The largest absolute Gasteiger partial charge is 0.399 e. The van der Waals surface area contributed by atoms with Crippen molar-refractivity contribution in [1.82, 2.24) is 0 Å². The van der Waals surface area contributed by atoms with Gasteiger partial charge in [-0.25, -0.2) is 0 Å². The molecule has 0 bridgehead atoms. The first-order chi connectivity index (χ1) is 6.63. The highest BCUT2D eigenvalue weighted by molar-refractivity contribution is 5.56. The Morgan fingerprint density at radius 3 is 2.64 bits per heavy atom. The highest BCUT2D eigenvalue weighted by Crippen LogP contribution is 2.17. The van der Waals surface area contributed by atoms with Crippen molar-refractivity contribution in [1.29, 1.82) is 0 Å². The van der Waals surface area contributed by atoms with Crippen LogP contribution in [0.25, 0.3) is 0 Å². The first-order valence-corrected chi connectivity index (χ1v) is 4.89. The molecule has 78 valence electrons. The molecule has 0 aliphatic rings. The summed E-state index contributed by atoms with van der Waals surface area (Å²) in [5, 5.41) is 0. The Labute approximate surface area is 85.0 Å². The van der Waals surface area contributed by atoms with Gasteiger partial charge in [-0.2, -0.15) is 0 Å². The summed E-state index contributed by atoms with van der Waals surface area (Å²) in [6.07, 6.45) is 1.28. The molecule has 0 amide bonds. The van der Waals surface area contributed by atoms with Gasteiger partial charge in [0.2, 0.25) is 0 Å². The molecule has 0 spiro atoms. The normalized spacial score (nSPS) is 12.7. The molecule has 1 aromatic carbocycles. The highest BCUT2D eigenvalue weighted by atomic mass is 16.5. The van der Waals surface area contributed by atoms with Gasteiger partial charge in [0.1, 0.15) is 0 Å². The number of nitrogens with two attached hydrogens (primary N) is 2. The van der Waals surface area contributed by atoms with Crippen LogP contribution in [0.3, 0.4) is 0 Å². The van der Waals surface area contributed by atoms with Crippen molar-refractivity contribution in [2.24, 2.45) is 0 Å². The van der Waals surface area contributed by atoms with E-state index < -0.39 is 0 Å². The lowest BCUT2D eigenvalue weighted by Crippen LogP contribution is -2.07. The van der Waals surface area contributed by atoms with E-state index in [2.05, 4.69) is 6.92 Å². The molecule has 0 heterocycles. The SMILES string of the molecule is CCC(C)OCc1ccc(N)cc1N. The molecule has 4 N–H and O–H groups in total. The van der Waals surface area contributed by atoms with Crippen molar-refractivity contribution in [2.45, 2.75) is 33.0 Å². The molecule has 14 heavy (non-hydrogen) atoms. The van der Waals surface area contributed by atoms with E-state index in [0.29, 0.717) is 18.0 Å². The lowest BCUT2D eigenvalue weighted by atomic mass is 10.2. The Hall–Kier alpha value is -1.22. The Morgan fingerprint density at radius 1 is 1.36 bits per heavy atom. The third kappa shape index (κ3) is 2.92. The molecule has 3 heteroatoms. The van der Waals surface area contributed by atoms with Crippen molar-refractivity contribution in [3.05, 3.63) is 23.8 Å². The van der Waals surface area contributed by atoms with Gasteiger partial charge in [0, 0.05) is 16.9 Å². The highest BCUT2D eigenvalue weighted by Gasteiger charge is 2.02. The minimum Gasteiger partial charge on any atom is -0.399 e. The lowest BCUT2D eigenvalue weighted by Gasteiger charge is -2.12. The van der Waals surface area contributed by atoms with Crippen molar-refractivity contribution in [3.63, 3.8) is 0 Å². The molecule has 0 aromatic heterocycles. The van der Waals surface area contributed by atoms with E-state index in [1.807, 2.05) is 19.1 Å². The summed E-state index contributed by atoms with van der Waals surface area (Å²) in [5.41, 5.74) is 13.8. The van der Waals surface area contributed by atoms with E-state index in [1.54, 1.807) is 6.07 Å². The monoisotopic (exact) mass is 194 g/mol. The van der Waals surface area contributed by atoms with Gasteiger partial charge in [0.25, 0.3) is 0 Å². The molecule has 1 atom stereocenters. The second kappa shape index (κ2) is 4.86. The average molecular weight is 194 g/mol. The van der Waals surface area contributed by atoms with Crippen LogP contribution in [0.15, 0.2) is 18.2 Å². The molecule has 1 aromatic rings. The minimum atomic E-state index is 0.270. The van der Waals surface area contributed by atoms with E-state index in [9.17, 15) is 0 Å². The zero-order valence-corrected chi connectivity index (χ0v) is 8.79. The smallest absolute Gasteiger partial charge is 0.0740 e. The molecular formula is C11H18N2O. The topological polar surface area (TPSA) is 61.3 Å². The average Bonchev–Trinajstić information content (AvgIpc) is 2.16. The number of anilines is 2. The molecule has 0 fully saturated rings. The van der Waals surface area contributed by atoms with Gasteiger partial charge in [-0.15, -0.1) is 0 Å². The first-order valence-electron chi connectivity index (χ1n) is 4.89. The Bertz CT molecular complexity index is 299. The van der Waals surface area contributed by atoms with Gasteiger partial charge in [-0.3, -0.25) is 0 Å². The Balaban J connectivity index is 2.59. The third-order valence-electron chi connectivity index (χ3n) is 2.27. The van der Waals surface area contributed by atoms with Gasteiger partial charge in [-0.05, 0) is 25.5 Å². The fourth-order valence-corrected chi connectivity index (χ4v) is 1.09. The lowest BCUT2D eigenvalue weighted by molar-refractivity contribution is 0.0512. The van der Waals surface area contributed by atoms with Crippen LogP contribution >= 0.6 is 0 Å². The number of hydrogen-bond acceptors (Lipinski definition) is 3. The summed E-state index contributed by atoms with van der Waals surface area (Å²) >= 11 is 0. The molecule has 0 saturated heterocycles. The summed E-state index contributed by atoms with van der Waals surface area (Å²) < 4.78 is 5.58. The molecule has 0 saturated carbocycles. The van der Waals surface area contributed by atoms with E-state index in [0.717, 1.165) is 12.0 Å². The quantitative estimate of drug-likeness (QED) is 0.722.